The van der Waals surface area contributed by atoms with Gasteiger partial charge in [0.1, 0.15) is 0 Å². The maximum Gasteiger partial charge on any atom is 0.161 e. The van der Waals surface area contributed by atoms with Crippen molar-refractivity contribution in [3.63, 3.8) is 0 Å². The molecular weight excluding hydrogens is 342 g/mol. The summed E-state index contributed by atoms with van der Waals surface area (Å²) >= 11 is 0. The molecule has 1 fully saturated rings. The quantitative estimate of drug-likeness (QED) is 0.675. The summed E-state index contributed by atoms with van der Waals surface area (Å²) in [6.07, 6.45) is 6.21. The number of aromatic nitrogens is 2. The monoisotopic (exact) mass is 371 g/mol. The molecule has 0 spiro atoms. The van der Waals surface area contributed by atoms with Gasteiger partial charge in [-0.05, 0) is 37.5 Å². The van der Waals surface area contributed by atoms with E-state index in [4.69, 9.17) is 14.2 Å². The predicted octanol–water partition coefficient (Wildman–Crippen LogP) is 3.49. The van der Waals surface area contributed by atoms with E-state index in [9.17, 15) is 0 Å². The Hall–Kier alpha value is -2.31. The SMILES string of the molecule is C=Cn1ncc(CN(Cc2ccc(OC)c(OC)c2)C[C@@H]2CCCO2)c1C. The van der Waals surface area contributed by atoms with E-state index in [2.05, 4.69) is 29.6 Å². The third-order valence-electron chi connectivity index (χ3n) is 5.05. The second-order valence-electron chi connectivity index (χ2n) is 6.88. The smallest absolute Gasteiger partial charge is 0.161 e. The van der Waals surface area contributed by atoms with E-state index in [1.807, 2.05) is 23.0 Å². The van der Waals surface area contributed by atoms with Gasteiger partial charge in [-0.2, -0.15) is 5.10 Å². The first kappa shape index (κ1) is 19.5. The highest BCUT2D eigenvalue weighted by Gasteiger charge is 2.21. The fourth-order valence-electron chi connectivity index (χ4n) is 3.54. The fourth-order valence-corrected chi connectivity index (χ4v) is 3.54. The third-order valence-corrected chi connectivity index (χ3v) is 5.05. The van der Waals surface area contributed by atoms with Crippen molar-refractivity contribution in [2.75, 3.05) is 27.4 Å². The summed E-state index contributed by atoms with van der Waals surface area (Å²) in [7, 11) is 3.32. The second kappa shape index (κ2) is 9.06. The molecule has 1 aromatic carbocycles. The Morgan fingerprint density at radius 3 is 2.74 bits per heavy atom. The van der Waals surface area contributed by atoms with Gasteiger partial charge in [0.15, 0.2) is 11.5 Å². The Balaban J connectivity index is 1.78. The molecule has 0 radical (unpaired) electrons. The Morgan fingerprint density at radius 2 is 2.11 bits per heavy atom. The van der Waals surface area contributed by atoms with Crippen molar-refractivity contribution in [2.45, 2.75) is 39.0 Å². The highest BCUT2D eigenvalue weighted by atomic mass is 16.5. The topological polar surface area (TPSA) is 48.8 Å². The zero-order valence-corrected chi connectivity index (χ0v) is 16.5. The van der Waals surface area contributed by atoms with Crippen molar-refractivity contribution in [1.82, 2.24) is 14.7 Å². The predicted molar refractivity (Wildman–Crippen MR) is 106 cm³/mol. The number of benzene rings is 1. The molecule has 6 nitrogen and oxygen atoms in total. The molecule has 1 aliphatic rings. The van der Waals surface area contributed by atoms with Crippen LogP contribution in [0.5, 0.6) is 11.5 Å². The molecule has 0 saturated carbocycles. The van der Waals surface area contributed by atoms with Crippen molar-refractivity contribution in [3.05, 3.63) is 47.8 Å². The van der Waals surface area contributed by atoms with Crippen LogP contribution < -0.4 is 9.47 Å². The molecule has 0 aliphatic carbocycles. The van der Waals surface area contributed by atoms with Crippen molar-refractivity contribution >= 4 is 6.20 Å². The van der Waals surface area contributed by atoms with E-state index in [-0.39, 0.29) is 0 Å². The van der Waals surface area contributed by atoms with Gasteiger partial charge in [-0.3, -0.25) is 4.90 Å². The molecule has 2 heterocycles. The number of rotatable bonds is 9. The van der Waals surface area contributed by atoms with Crippen LogP contribution in [0.25, 0.3) is 6.20 Å². The first-order valence-electron chi connectivity index (χ1n) is 9.35. The Labute approximate surface area is 161 Å². The maximum atomic E-state index is 5.87. The summed E-state index contributed by atoms with van der Waals surface area (Å²) in [5, 5.41) is 4.38. The first-order valence-corrected chi connectivity index (χ1v) is 9.35. The molecule has 1 aromatic heterocycles. The fraction of sp³-hybridized carbons (Fsp3) is 0.476. The molecule has 146 valence electrons. The normalized spacial score (nSPS) is 16.7. The van der Waals surface area contributed by atoms with Crippen LogP contribution in [0.15, 0.2) is 31.0 Å². The lowest BCUT2D eigenvalue weighted by Crippen LogP contribution is -2.31. The molecule has 0 bridgehead atoms. The summed E-state index contributed by atoms with van der Waals surface area (Å²) in [5.74, 6) is 1.50. The number of hydrogen-bond donors (Lipinski definition) is 0. The minimum atomic E-state index is 0.292. The van der Waals surface area contributed by atoms with Gasteiger partial charge in [-0.25, -0.2) is 4.68 Å². The summed E-state index contributed by atoms with van der Waals surface area (Å²) in [6, 6.07) is 6.09. The lowest BCUT2D eigenvalue weighted by atomic mass is 10.1. The average molecular weight is 371 g/mol. The van der Waals surface area contributed by atoms with Gasteiger partial charge in [0.2, 0.25) is 0 Å². The van der Waals surface area contributed by atoms with Gasteiger partial charge in [0, 0.05) is 43.7 Å². The first-order chi connectivity index (χ1) is 13.1. The largest absolute Gasteiger partial charge is 0.493 e. The molecular formula is C21H29N3O3. The molecule has 0 N–H and O–H groups in total. The van der Waals surface area contributed by atoms with Crippen LogP contribution in [0, 0.1) is 6.92 Å². The number of ether oxygens (including phenoxy) is 3. The second-order valence-corrected chi connectivity index (χ2v) is 6.88. The number of hydrogen-bond acceptors (Lipinski definition) is 5. The number of methoxy groups -OCH3 is 2. The summed E-state index contributed by atoms with van der Waals surface area (Å²) in [6.45, 7) is 9.26. The summed E-state index contributed by atoms with van der Waals surface area (Å²) in [4.78, 5) is 2.41. The molecule has 1 saturated heterocycles. The van der Waals surface area contributed by atoms with Crippen molar-refractivity contribution in [2.24, 2.45) is 0 Å². The summed E-state index contributed by atoms with van der Waals surface area (Å²) in [5.41, 5.74) is 3.50. The van der Waals surface area contributed by atoms with E-state index in [1.54, 1.807) is 20.4 Å². The molecule has 1 atom stereocenters. The van der Waals surface area contributed by atoms with Crippen LogP contribution in [0.4, 0.5) is 0 Å². The van der Waals surface area contributed by atoms with Gasteiger partial charge in [-0.15, -0.1) is 0 Å². The molecule has 1 aliphatic heterocycles. The lowest BCUT2D eigenvalue weighted by molar-refractivity contribution is 0.0678. The van der Waals surface area contributed by atoms with Crippen LogP contribution in [-0.4, -0.2) is 48.2 Å². The van der Waals surface area contributed by atoms with E-state index in [1.165, 1.54) is 11.1 Å². The van der Waals surface area contributed by atoms with E-state index < -0.39 is 0 Å². The average Bonchev–Trinajstić information content (AvgIpc) is 3.31. The molecule has 6 heteroatoms. The Bertz CT molecular complexity index is 766. The Kier molecular flexibility index (Phi) is 6.53. The molecule has 0 amide bonds. The van der Waals surface area contributed by atoms with E-state index in [0.29, 0.717) is 6.10 Å². The zero-order chi connectivity index (χ0) is 19.2. The van der Waals surface area contributed by atoms with Crippen LogP contribution in [0.1, 0.15) is 29.7 Å². The van der Waals surface area contributed by atoms with E-state index in [0.717, 1.165) is 56.3 Å². The van der Waals surface area contributed by atoms with Crippen LogP contribution >= 0.6 is 0 Å². The highest BCUT2D eigenvalue weighted by molar-refractivity contribution is 5.42. The Morgan fingerprint density at radius 1 is 1.30 bits per heavy atom. The molecule has 2 aromatic rings. The summed E-state index contributed by atoms with van der Waals surface area (Å²) < 4.78 is 18.5. The van der Waals surface area contributed by atoms with Crippen LogP contribution in [0.2, 0.25) is 0 Å². The van der Waals surface area contributed by atoms with Crippen molar-refractivity contribution < 1.29 is 14.2 Å². The number of nitrogens with zero attached hydrogens (tertiary/aromatic N) is 3. The molecule has 27 heavy (non-hydrogen) atoms. The lowest BCUT2D eigenvalue weighted by Gasteiger charge is -2.25. The highest BCUT2D eigenvalue weighted by Crippen LogP contribution is 2.28. The maximum absolute atomic E-state index is 5.87. The van der Waals surface area contributed by atoms with Crippen molar-refractivity contribution in [3.8, 4) is 11.5 Å². The van der Waals surface area contributed by atoms with Gasteiger partial charge in [-0.1, -0.05) is 12.6 Å². The minimum absolute atomic E-state index is 0.292. The van der Waals surface area contributed by atoms with Gasteiger partial charge >= 0.3 is 0 Å². The minimum Gasteiger partial charge on any atom is -0.493 e. The standard InChI is InChI=1S/C21H29N3O3/c1-5-24-16(2)18(12-22-24)14-23(15-19-7-6-10-27-19)13-17-8-9-20(25-3)21(11-17)26-4/h5,8-9,11-12,19H,1,6-7,10,13-15H2,2-4H3/t19-/m0/s1. The van der Waals surface area contributed by atoms with E-state index >= 15 is 0 Å². The third kappa shape index (κ3) is 4.70. The molecule has 0 unspecified atom stereocenters. The zero-order valence-electron chi connectivity index (χ0n) is 16.5. The van der Waals surface area contributed by atoms with Gasteiger partial charge in [0.05, 0.1) is 26.5 Å². The molecule has 3 rings (SSSR count). The van der Waals surface area contributed by atoms with Crippen LogP contribution in [0.3, 0.4) is 0 Å². The van der Waals surface area contributed by atoms with Crippen LogP contribution in [-0.2, 0) is 17.8 Å². The van der Waals surface area contributed by atoms with Gasteiger partial charge < -0.3 is 14.2 Å². The van der Waals surface area contributed by atoms with Gasteiger partial charge in [0.25, 0.3) is 0 Å². The van der Waals surface area contributed by atoms with Crippen molar-refractivity contribution in [1.29, 1.82) is 0 Å².